The number of thiocarbonyl (C=S) groups is 1. The highest BCUT2D eigenvalue weighted by atomic mass is 32.1. The first-order valence-electron chi connectivity index (χ1n) is 6.61. The molecule has 1 aromatic heterocycles. The van der Waals surface area contributed by atoms with Crippen molar-refractivity contribution in [3.05, 3.63) is 51.7 Å². The summed E-state index contributed by atoms with van der Waals surface area (Å²) in [5.41, 5.74) is 5.46. The summed E-state index contributed by atoms with van der Waals surface area (Å²) in [5.74, 6) is -1.37. The van der Waals surface area contributed by atoms with E-state index in [0.29, 0.717) is 0 Å². The molecule has 2 nitrogen and oxygen atoms in total. The third-order valence-corrected chi connectivity index (χ3v) is 4.33. The van der Waals surface area contributed by atoms with Gasteiger partial charge in [0.2, 0.25) is 0 Å². The van der Waals surface area contributed by atoms with Crippen LogP contribution in [0.5, 0.6) is 0 Å². The van der Waals surface area contributed by atoms with E-state index in [1.165, 1.54) is 0 Å². The smallest absolute Gasteiger partial charge is 0.150 e. The summed E-state index contributed by atoms with van der Waals surface area (Å²) >= 11 is 6.31. The number of rotatable bonds is 6. The average Bonchev–Trinajstić information content (AvgIpc) is 2.95. The van der Waals surface area contributed by atoms with Crippen molar-refractivity contribution in [2.24, 2.45) is 5.73 Å². The second kappa shape index (κ2) is 6.95. The Balaban J connectivity index is 2.31. The molecular weight excluding hydrogens is 310 g/mol. The van der Waals surface area contributed by atoms with Crippen LogP contribution in [0.4, 0.5) is 14.5 Å². The summed E-state index contributed by atoms with van der Waals surface area (Å²) in [7, 11) is 0. The topological polar surface area (TPSA) is 38.0 Å². The van der Waals surface area contributed by atoms with Gasteiger partial charge in [0, 0.05) is 10.4 Å². The Kier molecular flexibility index (Phi) is 5.25. The lowest BCUT2D eigenvalue weighted by Crippen LogP contribution is -2.14. The summed E-state index contributed by atoms with van der Waals surface area (Å²) in [6, 6.07) is 6.08. The number of thiophene rings is 1. The van der Waals surface area contributed by atoms with Crippen molar-refractivity contribution in [3.8, 4) is 0 Å². The molecule has 0 bridgehead atoms. The quantitative estimate of drug-likeness (QED) is 0.761. The van der Waals surface area contributed by atoms with Gasteiger partial charge in [0.15, 0.2) is 0 Å². The zero-order valence-corrected chi connectivity index (χ0v) is 13.2. The van der Waals surface area contributed by atoms with Crippen LogP contribution < -0.4 is 11.1 Å². The molecule has 0 spiro atoms. The molecule has 2 rings (SSSR count). The first-order valence-corrected chi connectivity index (χ1v) is 7.90. The Morgan fingerprint density at radius 3 is 2.52 bits per heavy atom. The second-order valence-corrected chi connectivity index (χ2v) is 6.10. The van der Waals surface area contributed by atoms with E-state index in [9.17, 15) is 8.78 Å². The third kappa shape index (κ3) is 3.77. The van der Waals surface area contributed by atoms with Crippen molar-refractivity contribution in [3.63, 3.8) is 0 Å². The fourth-order valence-corrected chi connectivity index (χ4v) is 3.02. The van der Waals surface area contributed by atoms with Crippen molar-refractivity contribution < 1.29 is 8.78 Å². The highest BCUT2D eigenvalue weighted by molar-refractivity contribution is 7.80. The number of nitrogens with two attached hydrogens (primary N) is 1. The Bertz CT molecular complexity index is 604. The molecule has 3 N–H and O–H groups in total. The third-order valence-electron chi connectivity index (χ3n) is 3.11. The molecule has 0 radical (unpaired) electrons. The summed E-state index contributed by atoms with van der Waals surface area (Å²) < 4.78 is 28.2. The van der Waals surface area contributed by atoms with Gasteiger partial charge in [-0.15, -0.1) is 11.3 Å². The number of anilines is 1. The minimum absolute atomic E-state index is 0.0253. The highest BCUT2D eigenvalue weighted by Gasteiger charge is 2.18. The fraction of sp³-hybridized carbons (Fsp3) is 0.267. The Hall–Kier alpha value is -1.53. The van der Waals surface area contributed by atoms with E-state index >= 15 is 0 Å². The average molecular weight is 326 g/mol. The number of nitrogens with one attached hydrogen (secondary N) is 1. The summed E-state index contributed by atoms with van der Waals surface area (Å²) in [4.78, 5) is 1.02. The van der Waals surface area contributed by atoms with Gasteiger partial charge in [0.1, 0.15) is 22.3 Å². The molecule has 0 aliphatic rings. The number of hydrogen-bond acceptors (Lipinski definition) is 3. The molecule has 0 aliphatic heterocycles. The van der Waals surface area contributed by atoms with Crippen LogP contribution >= 0.6 is 23.6 Å². The van der Waals surface area contributed by atoms with Gasteiger partial charge < -0.3 is 11.1 Å². The molecule has 21 heavy (non-hydrogen) atoms. The van der Waals surface area contributed by atoms with Gasteiger partial charge in [-0.25, -0.2) is 8.78 Å². The summed E-state index contributed by atoms with van der Waals surface area (Å²) in [6.45, 7) is 2.03. The predicted molar refractivity (Wildman–Crippen MR) is 87.8 cm³/mol. The van der Waals surface area contributed by atoms with Crippen LogP contribution in [-0.2, 0) is 0 Å². The molecule has 0 aliphatic carbocycles. The van der Waals surface area contributed by atoms with E-state index in [2.05, 4.69) is 5.32 Å². The molecule has 0 amide bonds. The van der Waals surface area contributed by atoms with Crippen molar-refractivity contribution in [2.75, 3.05) is 5.32 Å². The lowest BCUT2D eigenvalue weighted by Gasteiger charge is -2.19. The standard InChI is InChI=1S/C15H16F2N2S2/c1-2-4-12(13-5-3-6-21-13)19-14-10(16)7-9(15(18)20)8-11(14)17/h3,5-8,12,19H,2,4H2,1H3,(H2,18,20). The maximum Gasteiger partial charge on any atom is 0.150 e. The molecular formula is C15H16F2N2S2. The molecule has 112 valence electrons. The van der Waals surface area contributed by atoms with Crippen LogP contribution in [-0.4, -0.2) is 4.99 Å². The Morgan fingerprint density at radius 1 is 1.38 bits per heavy atom. The van der Waals surface area contributed by atoms with E-state index in [-0.39, 0.29) is 22.3 Å². The molecule has 6 heteroatoms. The van der Waals surface area contributed by atoms with Gasteiger partial charge in [-0.1, -0.05) is 31.6 Å². The Labute approximate surface area is 132 Å². The van der Waals surface area contributed by atoms with Gasteiger partial charge in [-0.2, -0.15) is 0 Å². The molecule has 0 saturated heterocycles. The maximum atomic E-state index is 14.1. The van der Waals surface area contributed by atoms with Crippen LogP contribution in [0.2, 0.25) is 0 Å². The fourth-order valence-electron chi connectivity index (χ4n) is 2.09. The van der Waals surface area contributed by atoms with Crippen molar-refractivity contribution >= 4 is 34.2 Å². The van der Waals surface area contributed by atoms with Crippen LogP contribution in [0.25, 0.3) is 0 Å². The predicted octanol–water partition coefficient (Wildman–Crippen LogP) is 4.61. The van der Waals surface area contributed by atoms with E-state index in [1.54, 1.807) is 11.3 Å². The van der Waals surface area contributed by atoms with E-state index in [0.717, 1.165) is 29.9 Å². The second-order valence-electron chi connectivity index (χ2n) is 4.68. The summed E-state index contributed by atoms with van der Waals surface area (Å²) in [6.07, 6.45) is 1.69. The van der Waals surface area contributed by atoms with Crippen molar-refractivity contribution in [2.45, 2.75) is 25.8 Å². The zero-order valence-electron chi connectivity index (χ0n) is 11.5. The highest BCUT2D eigenvalue weighted by Crippen LogP contribution is 2.30. The van der Waals surface area contributed by atoms with Gasteiger partial charge in [-0.3, -0.25) is 0 Å². The van der Waals surface area contributed by atoms with E-state index in [1.807, 2.05) is 24.4 Å². The SMILES string of the molecule is CCCC(Nc1c(F)cc(C(N)=S)cc1F)c1cccs1. The summed E-state index contributed by atoms with van der Waals surface area (Å²) in [5, 5.41) is 4.91. The molecule has 0 fully saturated rings. The van der Waals surface area contributed by atoms with Crippen LogP contribution in [0.1, 0.15) is 36.2 Å². The van der Waals surface area contributed by atoms with Crippen LogP contribution in [0.3, 0.4) is 0 Å². The lowest BCUT2D eigenvalue weighted by atomic mass is 10.1. The number of halogens is 2. The van der Waals surface area contributed by atoms with Gasteiger partial charge >= 0.3 is 0 Å². The monoisotopic (exact) mass is 326 g/mol. The Morgan fingerprint density at radius 2 is 2.05 bits per heavy atom. The zero-order chi connectivity index (χ0) is 15.4. The molecule has 1 heterocycles. The molecule has 1 unspecified atom stereocenters. The van der Waals surface area contributed by atoms with Crippen LogP contribution in [0, 0.1) is 11.6 Å². The van der Waals surface area contributed by atoms with Gasteiger partial charge in [-0.05, 0) is 30.0 Å². The maximum absolute atomic E-state index is 14.1. The van der Waals surface area contributed by atoms with E-state index in [4.69, 9.17) is 18.0 Å². The van der Waals surface area contributed by atoms with Gasteiger partial charge in [0.05, 0.1) is 6.04 Å². The van der Waals surface area contributed by atoms with Gasteiger partial charge in [0.25, 0.3) is 0 Å². The molecule has 1 atom stereocenters. The molecule has 2 aromatic rings. The normalized spacial score (nSPS) is 12.1. The first-order chi connectivity index (χ1) is 10.0. The van der Waals surface area contributed by atoms with Crippen molar-refractivity contribution in [1.82, 2.24) is 0 Å². The molecule has 1 aromatic carbocycles. The number of hydrogen-bond donors (Lipinski definition) is 2. The van der Waals surface area contributed by atoms with Crippen LogP contribution in [0.15, 0.2) is 29.6 Å². The largest absolute Gasteiger partial charge is 0.389 e. The first kappa shape index (κ1) is 15.9. The minimum Gasteiger partial charge on any atom is -0.389 e. The number of benzene rings is 1. The molecule has 0 saturated carbocycles. The van der Waals surface area contributed by atoms with E-state index < -0.39 is 11.6 Å². The van der Waals surface area contributed by atoms with Crippen molar-refractivity contribution in [1.29, 1.82) is 0 Å². The minimum atomic E-state index is -0.685. The lowest BCUT2D eigenvalue weighted by molar-refractivity contribution is 0.577.